The van der Waals surface area contributed by atoms with Crippen molar-refractivity contribution in [1.82, 2.24) is 4.90 Å². The zero-order valence-electron chi connectivity index (χ0n) is 11.8. The van der Waals surface area contributed by atoms with Crippen LogP contribution in [0.25, 0.3) is 0 Å². The summed E-state index contributed by atoms with van der Waals surface area (Å²) < 4.78 is 0. The molecule has 3 nitrogen and oxygen atoms in total. The highest BCUT2D eigenvalue weighted by Gasteiger charge is 2.19. The number of carbonyl (C=O) groups is 1. The van der Waals surface area contributed by atoms with E-state index in [1.165, 1.54) is 11.3 Å². The minimum Gasteiger partial charge on any atom is -0.384 e. The highest BCUT2D eigenvalue weighted by molar-refractivity contribution is 7.12. The van der Waals surface area contributed by atoms with Crippen LogP contribution >= 0.6 is 11.3 Å². The van der Waals surface area contributed by atoms with Gasteiger partial charge in [-0.25, -0.2) is 0 Å². The molecule has 1 heterocycles. The van der Waals surface area contributed by atoms with Crippen LogP contribution in [-0.4, -0.2) is 35.6 Å². The molecule has 0 aliphatic carbocycles. The zero-order chi connectivity index (χ0) is 14.3. The molecule has 1 amide bonds. The van der Waals surface area contributed by atoms with Crippen LogP contribution < -0.4 is 0 Å². The van der Waals surface area contributed by atoms with Gasteiger partial charge in [0.1, 0.15) is 11.5 Å². The minimum absolute atomic E-state index is 0.0417. The number of aliphatic hydroxyl groups excluding tert-OH is 1. The minimum atomic E-state index is -0.187. The summed E-state index contributed by atoms with van der Waals surface area (Å²) in [6, 6.07) is 1.83. The van der Waals surface area contributed by atoms with Gasteiger partial charge in [-0.1, -0.05) is 32.1 Å². The summed E-state index contributed by atoms with van der Waals surface area (Å²) in [5.74, 6) is 5.97. The fourth-order valence-corrected chi connectivity index (χ4v) is 2.53. The first kappa shape index (κ1) is 15.7. The van der Waals surface area contributed by atoms with Gasteiger partial charge in [0.25, 0.3) is 5.91 Å². The number of rotatable bonds is 5. The molecular weight excluding hydrogens is 258 g/mol. The van der Waals surface area contributed by atoms with Crippen molar-refractivity contribution in [2.24, 2.45) is 5.92 Å². The Hall–Kier alpha value is -1.31. The van der Waals surface area contributed by atoms with Gasteiger partial charge in [-0.15, -0.1) is 11.3 Å². The number of hydrogen-bond acceptors (Lipinski definition) is 3. The lowest BCUT2D eigenvalue weighted by Gasteiger charge is -2.23. The lowest BCUT2D eigenvalue weighted by molar-refractivity contribution is 0.0745. The van der Waals surface area contributed by atoms with Crippen LogP contribution in [0.4, 0.5) is 0 Å². The zero-order valence-corrected chi connectivity index (χ0v) is 12.6. The third-order valence-electron chi connectivity index (χ3n) is 3.06. The van der Waals surface area contributed by atoms with Gasteiger partial charge in [-0.3, -0.25) is 4.79 Å². The van der Waals surface area contributed by atoms with Gasteiger partial charge in [0.2, 0.25) is 0 Å². The number of thiophene rings is 1. The average Bonchev–Trinajstić information content (AvgIpc) is 2.89. The van der Waals surface area contributed by atoms with E-state index in [4.69, 9.17) is 5.11 Å². The van der Waals surface area contributed by atoms with E-state index in [1.807, 2.05) is 23.3 Å². The fourth-order valence-electron chi connectivity index (χ4n) is 1.71. The molecule has 0 aromatic carbocycles. The first-order valence-electron chi connectivity index (χ1n) is 6.60. The summed E-state index contributed by atoms with van der Waals surface area (Å²) in [4.78, 5) is 15.0. The van der Waals surface area contributed by atoms with Gasteiger partial charge in [0, 0.05) is 18.7 Å². The van der Waals surface area contributed by atoms with Crippen molar-refractivity contribution in [3.8, 4) is 11.8 Å². The topological polar surface area (TPSA) is 40.5 Å². The van der Waals surface area contributed by atoms with Crippen molar-refractivity contribution >= 4 is 17.2 Å². The highest BCUT2D eigenvalue weighted by atomic mass is 32.1. The van der Waals surface area contributed by atoms with Crippen LogP contribution in [0.1, 0.15) is 42.4 Å². The maximum Gasteiger partial charge on any atom is 0.265 e. The van der Waals surface area contributed by atoms with Crippen molar-refractivity contribution in [3.63, 3.8) is 0 Å². The molecule has 104 valence electrons. The van der Waals surface area contributed by atoms with Crippen LogP contribution in [0.3, 0.4) is 0 Å². The summed E-state index contributed by atoms with van der Waals surface area (Å²) in [7, 11) is 0. The molecule has 1 atom stereocenters. The van der Waals surface area contributed by atoms with Crippen LogP contribution in [0.2, 0.25) is 0 Å². The SMILES string of the molecule is CCC(C)CN(CC)C(=O)c1sccc1C#CCO. The fraction of sp³-hybridized carbons (Fsp3) is 0.533. The predicted octanol–water partition coefficient (Wildman–Crippen LogP) is 2.60. The Kier molecular flexibility index (Phi) is 6.61. The van der Waals surface area contributed by atoms with Gasteiger partial charge in [0.05, 0.1) is 0 Å². The molecule has 1 N–H and O–H groups in total. The van der Waals surface area contributed by atoms with Crippen molar-refractivity contribution < 1.29 is 9.90 Å². The predicted molar refractivity (Wildman–Crippen MR) is 79.3 cm³/mol. The molecule has 0 aliphatic heterocycles. The van der Waals surface area contributed by atoms with Crippen molar-refractivity contribution in [1.29, 1.82) is 0 Å². The molecule has 1 aromatic rings. The molecule has 19 heavy (non-hydrogen) atoms. The molecule has 0 saturated heterocycles. The second-order valence-corrected chi connectivity index (χ2v) is 5.40. The number of nitrogens with zero attached hydrogens (tertiary/aromatic N) is 1. The molecule has 0 fully saturated rings. The normalized spacial score (nSPS) is 11.6. The number of carbonyl (C=O) groups excluding carboxylic acids is 1. The number of aliphatic hydroxyl groups is 1. The molecule has 0 spiro atoms. The van der Waals surface area contributed by atoms with Gasteiger partial charge in [0.15, 0.2) is 0 Å². The molecular formula is C15H21NO2S. The van der Waals surface area contributed by atoms with E-state index in [2.05, 4.69) is 25.7 Å². The van der Waals surface area contributed by atoms with Gasteiger partial charge >= 0.3 is 0 Å². The first-order valence-corrected chi connectivity index (χ1v) is 7.48. The lowest BCUT2D eigenvalue weighted by Crippen LogP contribution is -2.34. The lowest BCUT2D eigenvalue weighted by atomic mass is 10.1. The quantitative estimate of drug-likeness (QED) is 0.842. The van der Waals surface area contributed by atoms with E-state index < -0.39 is 0 Å². The molecule has 0 radical (unpaired) electrons. The molecule has 4 heteroatoms. The smallest absolute Gasteiger partial charge is 0.265 e. The average molecular weight is 279 g/mol. The standard InChI is InChI=1S/C15H21NO2S/c1-4-12(3)11-16(5-2)15(18)14-13(7-6-9-17)8-10-19-14/h8,10,12,17H,4-5,9,11H2,1-3H3. The maximum atomic E-state index is 12.5. The van der Waals surface area contributed by atoms with Crippen LogP contribution in [0.5, 0.6) is 0 Å². The third-order valence-corrected chi connectivity index (χ3v) is 3.96. The molecule has 0 aliphatic rings. The van der Waals surface area contributed by atoms with Gasteiger partial charge in [-0.05, 0) is 24.3 Å². The highest BCUT2D eigenvalue weighted by Crippen LogP contribution is 2.19. The Bertz CT molecular complexity index is 470. The van der Waals surface area contributed by atoms with Crippen LogP contribution in [0, 0.1) is 17.8 Å². The molecule has 1 unspecified atom stereocenters. The van der Waals surface area contributed by atoms with Crippen LogP contribution in [-0.2, 0) is 0 Å². The third kappa shape index (κ3) is 4.38. The monoisotopic (exact) mass is 279 g/mol. The van der Waals surface area contributed by atoms with Crippen LogP contribution in [0.15, 0.2) is 11.4 Å². The Balaban J connectivity index is 2.88. The summed E-state index contributed by atoms with van der Waals surface area (Å²) in [5.41, 5.74) is 0.714. The summed E-state index contributed by atoms with van der Waals surface area (Å²) >= 11 is 1.41. The summed E-state index contributed by atoms with van der Waals surface area (Å²) in [5, 5.41) is 10.6. The molecule has 1 rings (SSSR count). The Labute approximate surface area is 119 Å². The Morgan fingerprint density at radius 2 is 2.26 bits per heavy atom. The summed E-state index contributed by atoms with van der Waals surface area (Å²) in [6.07, 6.45) is 1.06. The van der Waals surface area contributed by atoms with Crippen molar-refractivity contribution in [2.45, 2.75) is 27.2 Å². The Morgan fingerprint density at radius 3 is 2.84 bits per heavy atom. The van der Waals surface area contributed by atoms with E-state index in [1.54, 1.807) is 0 Å². The molecule has 0 bridgehead atoms. The molecule has 1 aromatic heterocycles. The maximum absolute atomic E-state index is 12.5. The number of amides is 1. The second kappa shape index (κ2) is 7.98. The van der Waals surface area contributed by atoms with Crippen molar-refractivity contribution in [3.05, 3.63) is 21.9 Å². The molecule has 0 saturated carbocycles. The second-order valence-electron chi connectivity index (χ2n) is 4.48. The van der Waals surface area contributed by atoms with E-state index in [0.29, 0.717) is 22.9 Å². The Morgan fingerprint density at radius 1 is 1.53 bits per heavy atom. The van der Waals surface area contributed by atoms with E-state index in [9.17, 15) is 4.79 Å². The number of hydrogen-bond donors (Lipinski definition) is 1. The first-order chi connectivity index (χ1) is 9.13. The van der Waals surface area contributed by atoms with E-state index >= 15 is 0 Å². The van der Waals surface area contributed by atoms with Crippen molar-refractivity contribution in [2.75, 3.05) is 19.7 Å². The van der Waals surface area contributed by atoms with E-state index in [-0.39, 0.29) is 12.5 Å². The van der Waals surface area contributed by atoms with E-state index in [0.717, 1.165) is 13.0 Å². The van der Waals surface area contributed by atoms with Gasteiger partial charge in [-0.2, -0.15) is 0 Å². The van der Waals surface area contributed by atoms with Gasteiger partial charge < -0.3 is 10.0 Å². The summed E-state index contributed by atoms with van der Waals surface area (Å²) in [6.45, 7) is 7.56. The largest absolute Gasteiger partial charge is 0.384 e.